The number of aryl methyl sites for hydroxylation is 2. The Bertz CT molecular complexity index is 843. The van der Waals surface area contributed by atoms with Crippen LogP contribution in [0.4, 0.5) is 4.39 Å². The van der Waals surface area contributed by atoms with Crippen molar-refractivity contribution in [2.45, 2.75) is 13.8 Å². The van der Waals surface area contributed by atoms with Crippen LogP contribution in [0.3, 0.4) is 0 Å². The lowest BCUT2D eigenvalue weighted by Gasteiger charge is -2.34. The SMILES string of the molecule is Cc1ccc(OCC(=O)N2CCN(CC(=O)c3cc(C)ccc3F)CC2)cc1. The normalized spacial score (nSPS) is 14.8. The summed E-state index contributed by atoms with van der Waals surface area (Å²) in [4.78, 5) is 28.4. The first-order valence-electron chi connectivity index (χ1n) is 9.41. The van der Waals surface area contributed by atoms with Crippen LogP contribution in [0.25, 0.3) is 0 Å². The highest BCUT2D eigenvalue weighted by Crippen LogP contribution is 2.14. The van der Waals surface area contributed by atoms with Gasteiger partial charge in [0.1, 0.15) is 11.6 Å². The van der Waals surface area contributed by atoms with Crippen LogP contribution in [0.5, 0.6) is 5.75 Å². The maximum Gasteiger partial charge on any atom is 0.260 e. The minimum Gasteiger partial charge on any atom is -0.484 e. The van der Waals surface area contributed by atoms with Crippen LogP contribution in [0.15, 0.2) is 42.5 Å². The molecule has 0 radical (unpaired) electrons. The first kappa shape index (κ1) is 20.0. The van der Waals surface area contributed by atoms with Crippen LogP contribution in [-0.4, -0.2) is 60.8 Å². The first-order chi connectivity index (χ1) is 13.4. The van der Waals surface area contributed by atoms with Gasteiger partial charge in [-0.1, -0.05) is 29.3 Å². The van der Waals surface area contributed by atoms with Gasteiger partial charge in [-0.05, 0) is 38.1 Å². The summed E-state index contributed by atoms with van der Waals surface area (Å²) in [6, 6.07) is 12.1. The van der Waals surface area contributed by atoms with E-state index in [0.29, 0.717) is 31.9 Å². The van der Waals surface area contributed by atoms with Crippen LogP contribution in [-0.2, 0) is 4.79 Å². The molecule has 0 saturated carbocycles. The number of benzene rings is 2. The molecule has 1 aliphatic rings. The minimum absolute atomic E-state index is 0.00348. The second-order valence-corrected chi connectivity index (χ2v) is 7.17. The Morgan fingerprint density at radius 3 is 2.29 bits per heavy atom. The predicted molar refractivity (Wildman–Crippen MR) is 105 cm³/mol. The Labute approximate surface area is 164 Å². The average molecular weight is 384 g/mol. The number of hydrogen-bond donors (Lipinski definition) is 0. The average Bonchev–Trinajstić information content (AvgIpc) is 2.69. The molecule has 0 aromatic heterocycles. The first-order valence-corrected chi connectivity index (χ1v) is 9.41. The van der Waals surface area contributed by atoms with Crippen LogP contribution in [0.1, 0.15) is 21.5 Å². The Hall–Kier alpha value is -2.73. The van der Waals surface area contributed by atoms with Crippen molar-refractivity contribution in [2.75, 3.05) is 39.3 Å². The molecule has 0 aliphatic carbocycles. The third-order valence-electron chi connectivity index (χ3n) is 4.90. The van der Waals surface area contributed by atoms with E-state index in [0.717, 1.165) is 11.1 Å². The Balaban J connectivity index is 1.46. The maximum atomic E-state index is 13.9. The lowest BCUT2D eigenvalue weighted by molar-refractivity contribution is -0.135. The summed E-state index contributed by atoms with van der Waals surface area (Å²) in [6.07, 6.45) is 0. The monoisotopic (exact) mass is 384 g/mol. The van der Waals surface area contributed by atoms with E-state index in [1.165, 1.54) is 6.07 Å². The summed E-state index contributed by atoms with van der Waals surface area (Å²) in [5.74, 6) is -0.124. The summed E-state index contributed by atoms with van der Waals surface area (Å²) in [6.45, 7) is 6.19. The Morgan fingerprint density at radius 2 is 1.61 bits per heavy atom. The number of carbonyl (C=O) groups is 2. The van der Waals surface area contributed by atoms with E-state index in [4.69, 9.17) is 4.74 Å². The minimum atomic E-state index is -0.488. The van der Waals surface area contributed by atoms with Crippen LogP contribution >= 0.6 is 0 Å². The van der Waals surface area contributed by atoms with Crippen molar-refractivity contribution in [1.29, 1.82) is 0 Å². The number of piperazine rings is 1. The summed E-state index contributed by atoms with van der Waals surface area (Å²) < 4.78 is 19.4. The van der Waals surface area contributed by atoms with Gasteiger partial charge in [-0.2, -0.15) is 0 Å². The van der Waals surface area contributed by atoms with E-state index in [1.54, 1.807) is 17.0 Å². The number of Topliss-reactive ketones (excluding diaryl/α,β-unsaturated/α-hetero) is 1. The lowest BCUT2D eigenvalue weighted by atomic mass is 10.1. The molecule has 0 bridgehead atoms. The van der Waals surface area contributed by atoms with Crippen molar-refractivity contribution >= 4 is 11.7 Å². The van der Waals surface area contributed by atoms with Crippen LogP contribution in [0, 0.1) is 19.7 Å². The molecule has 0 atom stereocenters. The molecule has 1 aliphatic heterocycles. The molecule has 0 spiro atoms. The summed E-state index contributed by atoms with van der Waals surface area (Å²) in [5, 5.41) is 0. The van der Waals surface area contributed by atoms with Gasteiger partial charge < -0.3 is 9.64 Å². The van der Waals surface area contributed by atoms with E-state index >= 15 is 0 Å². The van der Waals surface area contributed by atoms with E-state index in [1.807, 2.05) is 43.0 Å². The standard InChI is InChI=1S/C22H25FN2O3/c1-16-3-6-18(7-4-16)28-15-22(27)25-11-9-24(10-12-25)14-21(26)19-13-17(2)5-8-20(19)23/h3-8,13H,9-12,14-15H2,1-2H3. The third-order valence-corrected chi connectivity index (χ3v) is 4.90. The van der Waals surface area contributed by atoms with E-state index in [2.05, 4.69) is 0 Å². The number of ketones is 1. The van der Waals surface area contributed by atoms with Crippen molar-refractivity contribution in [1.82, 2.24) is 9.80 Å². The number of amides is 1. The van der Waals surface area contributed by atoms with Gasteiger partial charge in [-0.3, -0.25) is 14.5 Å². The summed E-state index contributed by atoms with van der Waals surface area (Å²) in [5.41, 5.74) is 2.12. The molecule has 1 heterocycles. The smallest absolute Gasteiger partial charge is 0.260 e. The van der Waals surface area contributed by atoms with Gasteiger partial charge in [0, 0.05) is 26.2 Å². The van der Waals surface area contributed by atoms with E-state index < -0.39 is 5.82 Å². The second kappa shape index (κ2) is 8.97. The third kappa shape index (κ3) is 5.16. The van der Waals surface area contributed by atoms with Gasteiger partial charge in [0.05, 0.1) is 12.1 Å². The molecular formula is C22H25FN2O3. The van der Waals surface area contributed by atoms with Crippen molar-refractivity contribution < 1.29 is 18.7 Å². The fraction of sp³-hybridized carbons (Fsp3) is 0.364. The highest BCUT2D eigenvalue weighted by molar-refractivity contribution is 5.98. The number of nitrogens with zero attached hydrogens (tertiary/aromatic N) is 2. The lowest BCUT2D eigenvalue weighted by Crippen LogP contribution is -2.51. The topological polar surface area (TPSA) is 49.9 Å². The second-order valence-electron chi connectivity index (χ2n) is 7.17. The fourth-order valence-corrected chi connectivity index (χ4v) is 3.17. The molecule has 2 aromatic carbocycles. The number of hydrogen-bond acceptors (Lipinski definition) is 4. The number of rotatable bonds is 6. The molecule has 5 nitrogen and oxygen atoms in total. The zero-order valence-corrected chi connectivity index (χ0v) is 16.3. The number of ether oxygens (including phenoxy) is 1. The zero-order valence-electron chi connectivity index (χ0n) is 16.3. The van der Waals surface area contributed by atoms with Crippen molar-refractivity contribution in [3.8, 4) is 5.75 Å². The van der Waals surface area contributed by atoms with Crippen molar-refractivity contribution in [3.05, 3.63) is 65.0 Å². The molecule has 2 aromatic rings. The van der Waals surface area contributed by atoms with E-state index in [-0.39, 0.29) is 30.4 Å². The predicted octanol–water partition coefficient (Wildman–Crippen LogP) is 2.85. The quantitative estimate of drug-likeness (QED) is 0.719. The molecule has 1 saturated heterocycles. The molecular weight excluding hydrogens is 359 g/mol. The van der Waals surface area contributed by atoms with Gasteiger partial charge in [-0.25, -0.2) is 4.39 Å². The Kier molecular flexibility index (Phi) is 6.41. The molecule has 1 fully saturated rings. The Morgan fingerprint density at radius 1 is 0.964 bits per heavy atom. The van der Waals surface area contributed by atoms with Gasteiger partial charge in [-0.15, -0.1) is 0 Å². The molecule has 0 unspecified atom stereocenters. The number of carbonyl (C=O) groups excluding carboxylic acids is 2. The highest BCUT2D eigenvalue weighted by Gasteiger charge is 2.24. The molecule has 148 valence electrons. The fourth-order valence-electron chi connectivity index (χ4n) is 3.17. The van der Waals surface area contributed by atoms with E-state index in [9.17, 15) is 14.0 Å². The molecule has 3 rings (SSSR count). The zero-order chi connectivity index (χ0) is 20.1. The highest BCUT2D eigenvalue weighted by atomic mass is 19.1. The van der Waals surface area contributed by atoms with Gasteiger partial charge in [0.15, 0.2) is 12.4 Å². The van der Waals surface area contributed by atoms with Gasteiger partial charge >= 0.3 is 0 Å². The summed E-state index contributed by atoms with van der Waals surface area (Å²) >= 11 is 0. The van der Waals surface area contributed by atoms with Crippen LogP contribution in [0.2, 0.25) is 0 Å². The molecule has 0 N–H and O–H groups in total. The molecule has 6 heteroatoms. The number of halogens is 1. The maximum absolute atomic E-state index is 13.9. The molecule has 28 heavy (non-hydrogen) atoms. The largest absolute Gasteiger partial charge is 0.484 e. The summed E-state index contributed by atoms with van der Waals surface area (Å²) in [7, 11) is 0. The van der Waals surface area contributed by atoms with Crippen molar-refractivity contribution in [3.63, 3.8) is 0 Å². The van der Waals surface area contributed by atoms with Gasteiger partial charge in [0.2, 0.25) is 0 Å². The molecule has 1 amide bonds. The van der Waals surface area contributed by atoms with Crippen molar-refractivity contribution in [2.24, 2.45) is 0 Å². The van der Waals surface area contributed by atoms with Gasteiger partial charge in [0.25, 0.3) is 5.91 Å². The van der Waals surface area contributed by atoms with Crippen LogP contribution < -0.4 is 4.74 Å².